The third kappa shape index (κ3) is 1.50. The maximum Gasteiger partial charge on any atom is -0.0136 e. The van der Waals surface area contributed by atoms with Gasteiger partial charge in [0, 0.05) is 0 Å². The van der Waals surface area contributed by atoms with Crippen molar-refractivity contribution in [1.82, 2.24) is 0 Å². The lowest BCUT2D eigenvalue weighted by Crippen LogP contribution is -2.22. The van der Waals surface area contributed by atoms with Crippen LogP contribution in [0.5, 0.6) is 0 Å². The molecule has 0 nitrogen and oxygen atoms in total. The van der Waals surface area contributed by atoms with Crippen LogP contribution in [0.1, 0.15) is 68.1 Å². The zero-order chi connectivity index (χ0) is 11.1. The van der Waals surface area contributed by atoms with Gasteiger partial charge in [0.15, 0.2) is 0 Å². The smallest absolute Gasteiger partial charge is 0.0136 e. The van der Waals surface area contributed by atoms with Gasteiger partial charge in [-0.1, -0.05) is 32.0 Å². The Morgan fingerprint density at radius 3 is 2.81 bits per heavy atom. The molecule has 1 unspecified atom stereocenters. The highest BCUT2D eigenvalue weighted by atomic mass is 14.4. The van der Waals surface area contributed by atoms with Crippen LogP contribution in [-0.2, 0) is 6.42 Å². The van der Waals surface area contributed by atoms with Gasteiger partial charge in [0.25, 0.3) is 0 Å². The van der Waals surface area contributed by atoms with Crippen LogP contribution in [0, 0.1) is 5.92 Å². The van der Waals surface area contributed by atoms with Crippen LogP contribution in [0.4, 0.5) is 0 Å². The van der Waals surface area contributed by atoms with E-state index >= 15 is 0 Å². The van der Waals surface area contributed by atoms with Gasteiger partial charge in [-0.15, -0.1) is 0 Å². The summed E-state index contributed by atoms with van der Waals surface area (Å²) in [5, 5.41) is 0. The SMILES string of the molecule is CC(C)C1CC[C@H]2CCCc3cccc1c32. The molecule has 3 rings (SSSR count). The predicted molar refractivity (Wildman–Crippen MR) is 68.9 cm³/mol. The van der Waals surface area contributed by atoms with Crippen LogP contribution in [0.3, 0.4) is 0 Å². The normalized spacial score (nSPS) is 27.9. The van der Waals surface area contributed by atoms with E-state index in [-0.39, 0.29) is 0 Å². The summed E-state index contributed by atoms with van der Waals surface area (Å²) in [6, 6.07) is 7.06. The molecule has 0 aliphatic heterocycles. The van der Waals surface area contributed by atoms with Gasteiger partial charge in [-0.3, -0.25) is 0 Å². The Kier molecular flexibility index (Phi) is 2.53. The summed E-state index contributed by atoms with van der Waals surface area (Å²) in [5.74, 6) is 2.52. The maximum atomic E-state index is 2.40. The summed E-state index contributed by atoms with van der Waals surface area (Å²) in [6.45, 7) is 4.76. The first kappa shape index (κ1) is 10.4. The molecule has 0 fully saturated rings. The summed E-state index contributed by atoms with van der Waals surface area (Å²) in [7, 11) is 0. The van der Waals surface area contributed by atoms with E-state index in [4.69, 9.17) is 0 Å². The van der Waals surface area contributed by atoms with Crippen LogP contribution < -0.4 is 0 Å². The van der Waals surface area contributed by atoms with E-state index in [0.29, 0.717) is 0 Å². The van der Waals surface area contributed by atoms with Gasteiger partial charge in [0.1, 0.15) is 0 Å². The zero-order valence-electron chi connectivity index (χ0n) is 10.5. The Balaban J connectivity index is 2.11. The average Bonchev–Trinajstić information content (AvgIpc) is 2.30. The molecule has 0 heteroatoms. The monoisotopic (exact) mass is 214 g/mol. The summed E-state index contributed by atoms with van der Waals surface area (Å²) < 4.78 is 0. The van der Waals surface area contributed by atoms with E-state index in [1.54, 1.807) is 16.7 Å². The minimum Gasteiger partial charge on any atom is -0.0622 e. The molecule has 16 heavy (non-hydrogen) atoms. The lowest BCUT2D eigenvalue weighted by Gasteiger charge is -2.37. The summed E-state index contributed by atoms with van der Waals surface area (Å²) in [4.78, 5) is 0. The average molecular weight is 214 g/mol. The van der Waals surface area contributed by atoms with Crippen LogP contribution >= 0.6 is 0 Å². The number of aryl methyl sites for hydroxylation is 1. The van der Waals surface area contributed by atoms with Gasteiger partial charge < -0.3 is 0 Å². The Morgan fingerprint density at radius 2 is 2.00 bits per heavy atom. The fourth-order valence-electron chi connectivity index (χ4n) is 3.87. The molecule has 1 aromatic rings. The number of rotatable bonds is 1. The molecule has 1 aromatic carbocycles. The van der Waals surface area contributed by atoms with E-state index in [1.807, 2.05) is 0 Å². The topological polar surface area (TPSA) is 0 Å². The Morgan fingerprint density at radius 1 is 1.12 bits per heavy atom. The molecule has 2 atom stereocenters. The van der Waals surface area contributed by atoms with E-state index in [2.05, 4.69) is 32.0 Å². The Hall–Kier alpha value is -0.780. The third-order valence-corrected chi connectivity index (χ3v) is 4.67. The Bertz CT molecular complexity index is 389. The highest BCUT2D eigenvalue weighted by Crippen LogP contribution is 2.47. The quantitative estimate of drug-likeness (QED) is 0.639. The highest BCUT2D eigenvalue weighted by molar-refractivity contribution is 5.43. The third-order valence-electron chi connectivity index (χ3n) is 4.67. The summed E-state index contributed by atoms with van der Waals surface area (Å²) in [5.41, 5.74) is 5.13. The van der Waals surface area contributed by atoms with Crippen molar-refractivity contribution in [2.75, 3.05) is 0 Å². The lowest BCUT2D eigenvalue weighted by atomic mass is 9.67. The number of hydrogen-bond acceptors (Lipinski definition) is 0. The van der Waals surface area contributed by atoms with E-state index in [9.17, 15) is 0 Å². The van der Waals surface area contributed by atoms with Crippen molar-refractivity contribution in [2.24, 2.45) is 5.92 Å². The second-order valence-electron chi connectivity index (χ2n) is 5.94. The molecule has 0 saturated heterocycles. The first-order valence-corrected chi connectivity index (χ1v) is 6.89. The largest absolute Gasteiger partial charge is 0.0622 e. The predicted octanol–water partition coefficient (Wildman–Crippen LogP) is 4.64. The number of hydrogen-bond donors (Lipinski definition) is 0. The van der Waals surface area contributed by atoms with Gasteiger partial charge in [0.2, 0.25) is 0 Å². The van der Waals surface area contributed by atoms with Crippen molar-refractivity contribution < 1.29 is 0 Å². The molecule has 0 heterocycles. The molecule has 86 valence electrons. The fourth-order valence-corrected chi connectivity index (χ4v) is 3.87. The van der Waals surface area contributed by atoms with Gasteiger partial charge in [-0.05, 0) is 66.5 Å². The molecule has 0 aromatic heterocycles. The zero-order valence-corrected chi connectivity index (χ0v) is 10.5. The van der Waals surface area contributed by atoms with Gasteiger partial charge in [-0.2, -0.15) is 0 Å². The first-order valence-electron chi connectivity index (χ1n) is 6.89. The first-order chi connectivity index (χ1) is 7.77. The molecule has 0 amide bonds. The van der Waals surface area contributed by atoms with E-state index in [0.717, 1.165) is 17.8 Å². The van der Waals surface area contributed by atoms with Crippen LogP contribution in [0.15, 0.2) is 18.2 Å². The van der Waals surface area contributed by atoms with Crippen molar-refractivity contribution in [3.63, 3.8) is 0 Å². The molecule has 0 saturated carbocycles. The second kappa shape index (κ2) is 3.91. The van der Waals surface area contributed by atoms with E-state index < -0.39 is 0 Å². The van der Waals surface area contributed by atoms with Crippen molar-refractivity contribution in [1.29, 1.82) is 0 Å². The molecule has 2 aliphatic carbocycles. The minimum atomic E-state index is 0.800. The highest BCUT2D eigenvalue weighted by Gasteiger charge is 2.31. The number of benzene rings is 1. The molecule has 0 radical (unpaired) electrons. The van der Waals surface area contributed by atoms with Gasteiger partial charge in [0.05, 0.1) is 0 Å². The van der Waals surface area contributed by atoms with Crippen LogP contribution in [0.2, 0.25) is 0 Å². The van der Waals surface area contributed by atoms with Crippen molar-refractivity contribution >= 4 is 0 Å². The van der Waals surface area contributed by atoms with Gasteiger partial charge >= 0.3 is 0 Å². The van der Waals surface area contributed by atoms with Crippen molar-refractivity contribution in [3.05, 3.63) is 34.9 Å². The molecule has 2 aliphatic rings. The van der Waals surface area contributed by atoms with Crippen molar-refractivity contribution in [3.8, 4) is 0 Å². The van der Waals surface area contributed by atoms with Crippen molar-refractivity contribution in [2.45, 2.75) is 57.8 Å². The molecule has 0 N–H and O–H groups in total. The van der Waals surface area contributed by atoms with Crippen LogP contribution in [0.25, 0.3) is 0 Å². The summed E-state index contributed by atoms with van der Waals surface area (Å²) in [6.07, 6.45) is 7.03. The van der Waals surface area contributed by atoms with E-state index in [1.165, 1.54) is 32.1 Å². The fraction of sp³-hybridized carbons (Fsp3) is 0.625. The van der Waals surface area contributed by atoms with Crippen LogP contribution in [-0.4, -0.2) is 0 Å². The molecular formula is C16H22. The second-order valence-corrected chi connectivity index (χ2v) is 5.94. The van der Waals surface area contributed by atoms with Gasteiger partial charge in [-0.25, -0.2) is 0 Å². The molecular weight excluding hydrogens is 192 g/mol. The molecule has 0 spiro atoms. The minimum absolute atomic E-state index is 0.800. The Labute approximate surface area is 99.1 Å². The lowest BCUT2D eigenvalue weighted by molar-refractivity contribution is 0.377. The summed E-state index contributed by atoms with van der Waals surface area (Å²) >= 11 is 0. The maximum absolute atomic E-state index is 2.40. The standard InChI is InChI=1S/C16H22/c1-11(2)14-10-9-13-6-3-5-12-7-4-8-15(14)16(12)13/h4,7-8,11,13-14H,3,5-6,9-10H2,1-2H3/t13-,14?/m1/s1. The molecule has 0 bridgehead atoms.